The van der Waals surface area contributed by atoms with Gasteiger partial charge in [0.25, 0.3) is 0 Å². The predicted octanol–water partition coefficient (Wildman–Crippen LogP) is 6.14. The third-order valence-electron chi connectivity index (χ3n) is 5.08. The summed E-state index contributed by atoms with van der Waals surface area (Å²) < 4.78 is 5.31. The molecule has 4 heteroatoms. The standard InChI is InChI=1S/C26H23N3O/c1-26(2,3)25-28-22-7-5-6-21(18-12-14-20(30-4)15-13-18)23(22)24(29-25)19-10-8-17(16-27)9-11-19/h5-15H,1-4H3. The average Bonchev–Trinajstić information content (AvgIpc) is 2.77. The number of hydrogen-bond acceptors (Lipinski definition) is 4. The van der Waals surface area contributed by atoms with Crippen LogP contribution in [0.15, 0.2) is 66.7 Å². The molecule has 0 saturated heterocycles. The smallest absolute Gasteiger partial charge is 0.135 e. The van der Waals surface area contributed by atoms with Crippen molar-refractivity contribution in [3.63, 3.8) is 0 Å². The lowest BCUT2D eigenvalue weighted by molar-refractivity contribution is 0.415. The van der Waals surface area contributed by atoms with Crippen molar-refractivity contribution in [1.82, 2.24) is 9.97 Å². The van der Waals surface area contributed by atoms with E-state index in [-0.39, 0.29) is 5.41 Å². The Hall–Kier alpha value is -3.71. The van der Waals surface area contributed by atoms with Crippen molar-refractivity contribution in [3.05, 3.63) is 78.1 Å². The summed E-state index contributed by atoms with van der Waals surface area (Å²) in [6.45, 7) is 6.35. The van der Waals surface area contributed by atoms with E-state index >= 15 is 0 Å². The number of nitrogens with zero attached hydrogens (tertiary/aromatic N) is 3. The molecule has 1 aromatic heterocycles. The number of rotatable bonds is 3. The van der Waals surface area contributed by atoms with E-state index in [1.54, 1.807) is 7.11 Å². The van der Waals surface area contributed by atoms with Gasteiger partial charge < -0.3 is 4.74 Å². The first-order valence-electron chi connectivity index (χ1n) is 9.87. The fraction of sp³-hybridized carbons (Fsp3) is 0.192. The van der Waals surface area contributed by atoms with E-state index in [9.17, 15) is 5.26 Å². The summed E-state index contributed by atoms with van der Waals surface area (Å²) in [6, 6.07) is 23.9. The first-order chi connectivity index (χ1) is 14.4. The molecule has 30 heavy (non-hydrogen) atoms. The van der Waals surface area contributed by atoms with Crippen LogP contribution in [-0.4, -0.2) is 17.1 Å². The van der Waals surface area contributed by atoms with E-state index in [4.69, 9.17) is 14.7 Å². The van der Waals surface area contributed by atoms with Crippen molar-refractivity contribution >= 4 is 10.9 Å². The number of aromatic nitrogens is 2. The zero-order valence-corrected chi connectivity index (χ0v) is 17.6. The fourth-order valence-corrected chi connectivity index (χ4v) is 3.44. The molecule has 3 aromatic carbocycles. The maximum Gasteiger partial charge on any atom is 0.135 e. The zero-order chi connectivity index (χ0) is 21.3. The second kappa shape index (κ2) is 7.61. The van der Waals surface area contributed by atoms with Gasteiger partial charge in [-0.1, -0.05) is 57.2 Å². The van der Waals surface area contributed by atoms with Gasteiger partial charge >= 0.3 is 0 Å². The molecule has 0 atom stereocenters. The van der Waals surface area contributed by atoms with Crippen LogP contribution in [-0.2, 0) is 5.41 Å². The monoisotopic (exact) mass is 393 g/mol. The second-order valence-electron chi connectivity index (χ2n) is 8.26. The summed E-state index contributed by atoms with van der Waals surface area (Å²) in [5, 5.41) is 10.2. The number of methoxy groups -OCH3 is 1. The second-order valence-corrected chi connectivity index (χ2v) is 8.26. The number of benzene rings is 3. The first kappa shape index (κ1) is 19.6. The van der Waals surface area contributed by atoms with Crippen LogP contribution >= 0.6 is 0 Å². The quantitative estimate of drug-likeness (QED) is 0.419. The molecular weight excluding hydrogens is 370 g/mol. The molecule has 0 amide bonds. The van der Waals surface area contributed by atoms with Crippen LogP contribution in [0.2, 0.25) is 0 Å². The number of hydrogen-bond donors (Lipinski definition) is 0. The Morgan fingerprint density at radius 3 is 2.10 bits per heavy atom. The normalized spacial score (nSPS) is 11.3. The van der Waals surface area contributed by atoms with Crippen molar-refractivity contribution in [2.24, 2.45) is 0 Å². The van der Waals surface area contributed by atoms with Gasteiger partial charge in [-0.05, 0) is 41.5 Å². The number of fused-ring (bicyclic) bond motifs is 1. The summed E-state index contributed by atoms with van der Waals surface area (Å²) in [7, 11) is 1.66. The summed E-state index contributed by atoms with van der Waals surface area (Å²) in [5.41, 5.74) is 5.32. The Morgan fingerprint density at radius 2 is 1.50 bits per heavy atom. The highest BCUT2D eigenvalue weighted by molar-refractivity contribution is 6.03. The van der Waals surface area contributed by atoms with E-state index in [0.717, 1.165) is 44.9 Å². The van der Waals surface area contributed by atoms with Crippen molar-refractivity contribution in [3.8, 4) is 34.2 Å². The summed E-state index contributed by atoms with van der Waals surface area (Å²) >= 11 is 0. The van der Waals surface area contributed by atoms with Gasteiger partial charge in [0, 0.05) is 16.4 Å². The minimum absolute atomic E-state index is 0.189. The van der Waals surface area contributed by atoms with E-state index in [2.05, 4.69) is 32.9 Å². The minimum atomic E-state index is -0.189. The topological polar surface area (TPSA) is 58.8 Å². The molecule has 0 aliphatic rings. The summed E-state index contributed by atoms with van der Waals surface area (Å²) in [5.74, 6) is 1.61. The van der Waals surface area contributed by atoms with Gasteiger partial charge in [-0.25, -0.2) is 9.97 Å². The molecule has 0 fully saturated rings. The van der Waals surface area contributed by atoms with Gasteiger partial charge in [0.15, 0.2) is 0 Å². The minimum Gasteiger partial charge on any atom is -0.497 e. The maximum absolute atomic E-state index is 9.17. The number of nitriles is 1. The molecule has 0 aliphatic carbocycles. The van der Waals surface area contributed by atoms with Crippen molar-refractivity contribution in [1.29, 1.82) is 5.26 Å². The molecule has 0 radical (unpaired) electrons. The first-order valence-corrected chi connectivity index (χ1v) is 9.87. The highest BCUT2D eigenvalue weighted by Gasteiger charge is 2.22. The van der Waals surface area contributed by atoms with Crippen LogP contribution in [0.5, 0.6) is 5.75 Å². The van der Waals surface area contributed by atoms with Gasteiger partial charge in [-0.15, -0.1) is 0 Å². The fourth-order valence-electron chi connectivity index (χ4n) is 3.44. The summed E-state index contributed by atoms with van der Waals surface area (Å²) in [4.78, 5) is 9.90. The maximum atomic E-state index is 9.17. The van der Waals surface area contributed by atoms with Crippen LogP contribution in [0.1, 0.15) is 32.2 Å². The highest BCUT2D eigenvalue weighted by Crippen LogP contribution is 2.36. The summed E-state index contributed by atoms with van der Waals surface area (Å²) in [6.07, 6.45) is 0. The van der Waals surface area contributed by atoms with Gasteiger partial charge in [-0.3, -0.25) is 0 Å². The molecule has 4 aromatic rings. The Bertz CT molecular complexity index is 1250. The molecular formula is C26H23N3O. The van der Waals surface area contributed by atoms with Gasteiger partial charge in [0.1, 0.15) is 11.6 Å². The van der Waals surface area contributed by atoms with Gasteiger partial charge in [0.05, 0.1) is 30.0 Å². The molecule has 4 nitrogen and oxygen atoms in total. The third-order valence-corrected chi connectivity index (χ3v) is 5.08. The molecule has 0 spiro atoms. The molecule has 0 aliphatic heterocycles. The Labute approximate surface area is 176 Å². The molecule has 0 bridgehead atoms. The van der Waals surface area contributed by atoms with E-state index in [1.165, 1.54) is 0 Å². The van der Waals surface area contributed by atoms with E-state index < -0.39 is 0 Å². The van der Waals surface area contributed by atoms with Crippen molar-refractivity contribution < 1.29 is 4.74 Å². The third kappa shape index (κ3) is 3.62. The van der Waals surface area contributed by atoms with Crippen LogP contribution < -0.4 is 4.74 Å². The molecule has 148 valence electrons. The van der Waals surface area contributed by atoms with E-state index in [1.807, 2.05) is 60.7 Å². The van der Waals surface area contributed by atoms with Gasteiger partial charge in [-0.2, -0.15) is 5.26 Å². The molecule has 1 heterocycles. The average molecular weight is 393 g/mol. The molecule has 0 N–H and O–H groups in total. The highest BCUT2D eigenvalue weighted by atomic mass is 16.5. The number of ether oxygens (including phenoxy) is 1. The lowest BCUT2D eigenvalue weighted by Gasteiger charge is -2.20. The SMILES string of the molecule is COc1ccc(-c2cccc3nc(C(C)(C)C)nc(-c4ccc(C#N)cc4)c23)cc1. The molecule has 0 unspecified atom stereocenters. The molecule has 4 rings (SSSR count). The predicted molar refractivity (Wildman–Crippen MR) is 120 cm³/mol. The van der Waals surface area contributed by atoms with E-state index in [0.29, 0.717) is 5.56 Å². The van der Waals surface area contributed by atoms with Crippen molar-refractivity contribution in [2.75, 3.05) is 7.11 Å². The lowest BCUT2D eigenvalue weighted by Crippen LogP contribution is -2.16. The van der Waals surface area contributed by atoms with Crippen LogP contribution in [0.3, 0.4) is 0 Å². The Morgan fingerprint density at radius 1 is 0.833 bits per heavy atom. The van der Waals surface area contributed by atoms with Crippen LogP contribution in [0, 0.1) is 11.3 Å². The van der Waals surface area contributed by atoms with Crippen molar-refractivity contribution in [2.45, 2.75) is 26.2 Å². The van der Waals surface area contributed by atoms with Gasteiger partial charge in [0.2, 0.25) is 0 Å². The Balaban J connectivity index is 2.03. The zero-order valence-electron chi connectivity index (χ0n) is 17.6. The lowest BCUT2D eigenvalue weighted by atomic mass is 9.92. The Kier molecular flexibility index (Phi) is 4.97. The largest absolute Gasteiger partial charge is 0.497 e. The van der Waals surface area contributed by atoms with Crippen LogP contribution in [0.4, 0.5) is 0 Å². The van der Waals surface area contributed by atoms with Crippen LogP contribution in [0.25, 0.3) is 33.3 Å². The molecule has 0 saturated carbocycles.